The number of nitrogens with one attached hydrogen (secondary N) is 1. The second-order valence-corrected chi connectivity index (χ2v) is 8.39. The van der Waals surface area contributed by atoms with Gasteiger partial charge in [0.05, 0.1) is 12.1 Å². The maximum Gasteiger partial charge on any atom is 0.233 e. The first-order chi connectivity index (χ1) is 11.7. The van der Waals surface area contributed by atoms with Crippen LogP contribution in [0.1, 0.15) is 32.0 Å². The Balaban J connectivity index is 1.66. The highest BCUT2D eigenvalue weighted by atomic mass is 35.5. The molecule has 1 aliphatic rings. The molecule has 132 valence electrons. The van der Waals surface area contributed by atoms with Crippen LogP contribution < -0.4 is 10.2 Å². The van der Waals surface area contributed by atoms with Crippen LogP contribution in [0.5, 0.6) is 0 Å². The van der Waals surface area contributed by atoms with Crippen molar-refractivity contribution >= 4 is 45.6 Å². The van der Waals surface area contributed by atoms with Crippen molar-refractivity contribution in [1.82, 2.24) is 4.98 Å². The smallest absolute Gasteiger partial charge is 0.233 e. The van der Waals surface area contributed by atoms with Gasteiger partial charge in [-0.3, -0.25) is 9.59 Å². The summed E-state index contributed by atoms with van der Waals surface area (Å²) in [5.41, 5.74) is 2.20. The molecule has 3 rings (SSSR count). The first-order valence-electron chi connectivity index (χ1n) is 8.09. The Kier molecular flexibility index (Phi) is 4.84. The number of carbonyl (C=O) groups excluding carboxylic acids is 2. The molecule has 7 heteroatoms. The third-order valence-corrected chi connectivity index (χ3v) is 5.07. The van der Waals surface area contributed by atoms with Crippen LogP contribution in [-0.4, -0.2) is 23.3 Å². The number of aromatic nitrogens is 1. The zero-order valence-corrected chi connectivity index (χ0v) is 16.0. The van der Waals surface area contributed by atoms with Gasteiger partial charge in [0.25, 0.3) is 0 Å². The molecule has 0 saturated carbocycles. The Morgan fingerprint density at radius 2 is 2.12 bits per heavy atom. The molecule has 5 nitrogen and oxygen atoms in total. The minimum Gasteiger partial charge on any atom is -0.311 e. The van der Waals surface area contributed by atoms with Gasteiger partial charge in [-0.05, 0) is 30.2 Å². The lowest BCUT2D eigenvalue weighted by molar-refractivity contribution is -0.123. The van der Waals surface area contributed by atoms with Gasteiger partial charge in [-0.25, -0.2) is 4.98 Å². The van der Waals surface area contributed by atoms with Crippen LogP contribution in [-0.2, 0) is 22.4 Å². The number of anilines is 2. The van der Waals surface area contributed by atoms with E-state index in [1.54, 1.807) is 11.0 Å². The summed E-state index contributed by atoms with van der Waals surface area (Å²) in [4.78, 5) is 30.8. The molecule has 2 aromatic rings. The topological polar surface area (TPSA) is 62.3 Å². The van der Waals surface area contributed by atoms with Crippen LogP contribution in [0.3, 0.4) is 0 Å². The lowest BCUT2D eigenvalue weighted by Gasteiger charge is -2.17. The van der Waals surface area contributed by atoms with E-state index in [-0.39, 0.29) is 18.2 Å². The molecular formula is C18H20ClN3O2S. The van der Waals surface area contributed by atoms with Gasteiger partial charge in [-0.1, -0.05) is 32.4 Å². The zero-order chi connectivity index (χ0) is 18.2. The number of halogens is 1. The van der Waals surface area contributed by atoms with Crippen molar-refractivity contribution in [2.45, 2.75) is 33.6 Å². The first kappa shape index (κ1) is 17.9. The second kappa shape index (κ2) is 6.77. The molecule has 2 heterocycles. The highest BCUT2D eigenvalue weighted by Crippen LogP contribution is 2.31. The van der Waals surface area contributed by atoms with E-state index in [0.29, 0.717) is 22.4 Å². The van der Waals surface area contributed by atoms with E-state index in [9.17, 15) is 9.59 Å². The number of rotatable bonds is 3. The number of amides is 2. The van der Waals surface area contributed by atoms with E-state index < -0.39 is 5.41 Å². The summed E-state index contributed by atoms with van der Waals surface area (Å²) >= 11 is 7.34. The van der Waals surface area contributed by atoms with Crippen LogP contribution >= 0.6 is 22.9 Å². The van der Waals surface area contributed by atoms with Crippen molar-refractivity contribution in [2.24, 2.45) is 5.41 Å². The van der Waals surface area contributed by atoms with Crippen molar-refractivity contribution < 1.29 is 9.59 Å². The monoisotopic (exact) mass is 377 g/mol. The minimum atomic E-state index is -0.484. The summed E-state index contributed by atoms with van der Waals surface area (Å²) in [6.07, 6.45) is 1.02. The highest BCUT2D eigenvalue weighted by molar-refractivity contribution is 7.13. The van der Waals surface area contributed by atoms with Gasteiger partial charge in [-0.2, -0.15) is 0 Å². The fourth-order valence-electron chi connectivity index (χ4n) is 2.61. The van der Waals surface area contributed by atoms with Gasteiger partial charge >= 0.3 is 0 Å². The van der Waals surface area contributed by atoms with Gasteiger partial charge < -0.3 is 10.2 Å². The quantitative estimate of drug-likeness (QED) is 0.881. The van der Waals surface area contributed by atoms with Gasteiger partial charge in [0, 0.05) is 28.0 Å². The van der Waals surface area contributed by atoms with Crippen LogP contribution in [0, 0.1) is 5.41 Å². The molecule has 1 N–H and O–H groups in total. The van der Waals surface area contributed by atoms with Crippen LogP contribution in [0.25, 0.3) is 0 Å². The average Bonchev–Trinajstić information content (AvgIpc) is 3.12. The standard InChI is InChI=1S/C18H20ClN3O2S/c1-18(2,3)16(24)21-17-20-13(10-25-17)9-15(23)22-7-6-11-8-12(19)4-5-14(11)22/h4-5,8,10H,6-7,9H2,1-3H3,(H,20,21,24). The van der Waals surface area contributed by atoms with Crippen molar-refractivity contribution in [1.29, 1.82) is 0 Å². The molecule has 2 amide bonds. The van der Waals surface area contributed by atoms with Gasteiger partial charge in [0.1, 0.15) is 0 Å². The Bertz CT molecular complexity index is 826. The van der Waals surface area contributed by atoms with Crippen molar-refractivity contribution in [3.8, 4) is 0 Å². The molecule has 0 aliphatic carbocycles. The number of hydrogen-bond acceptors (Lipinski definition) is 4. The predicted molar refractivity (Wildman–Crippen MR) is 101 cm³/mol. The molecule has 25 heavy (non-hydrogen) atoms. The number of hydrogen-bond donors (Lipinski definition) is 1. The van der Waals surface area contributed by atoms with E-state index in [1.165, 1.54) is 11.3 Å². The molecule has 0 bridgehead atoms. The number of carbonyl (C=O) groups is 2. The molecule has 0 atom stereocenters. The SMILES string of the molecule is CC(C)(C)C(=O)Nc1nc(CC(=O)N2CCc3cc(Cl)ccc32)cs1. The number of benzene rings is 1. The molecule has 0 spiro atoms. The van der Waals surface area contributed by atoms with E-state index in [2.05, 4.69) is 10.3 Å². The van der Waals surface area contributed by atoms with Gasteiger partial charge in [0.15, 0.2) is 5.13 Å². The molecule has 1 aromatic heterocycles. The Labute approximate surface area is 156 Å². The van der Waals surface area contributed by atoms with E-state index in [4.69, 9.17) is 11.6 Å². The predicted octanol–water partition coefficient (Wildman–Crippen LogP) is 3.91. The number of fused-ring (bicyclic) bond motifs is 1. The molecular weight excluding hydrogens is 358 g/mol. The molecule has 0 fully saturated rings. The Morgan fingerprint density at radius 1 is 1.36 bits per heavy atom. The molecule has 0 unspecified atom stereocenters. The summed E-state index contributed by atoms with van der Waals surface area (Å²) in [5.74, 6) is -0.0925. The van der Waals surface area contributed by atoms with Crippen LogP contribution in [0.2, 0.25) is 5.02 Å². The summed E-state index contributed by atoms with van der Waals surface area (Å²) in [6, 6.07) is 5.60. The van der Waals surface area contributed by atoms with Crippen LogP contribution in [0.4, 0.5) is 10.8 Å². The van der Waals surface area contributed by atoms with Crippen molar-refractivity contribution in [3.63, 3.8) is 0 Å². The van der Waals surface area contributed by atoms with Crippen LogP contribution in [0.15, 0.2) is 23.6 Å². The maximum atomic E-state index is 12.6. The highest BCUT2D eigenvalue weighted by Gasteiger charge is 2.26. The number of nitrogens with zero attached hydrogens (tertiary/aromatic N) is 2. The number of thiazole rings is 1. The van der Waals surface area contributed by atoms with Gasteiger partial charge in [-0.15, -0.1) is 11.3 Å². The lowest BCUT2D eigenvalue weighted by atomic mass is 9.96. The second-order valence-electron chi connectivity index (χ2n) is 7.09. The molecule has 0 radical (unpaired) electrons. The summed E-state index contributed by atoms with van der Waals surface area (Å²) in [7, 11) is 0. The molecule has 1 aromatic carbocycles. The summed E-state index contributed by atoms with van der Waals surface area (Å²) < 4.78 is 0. The normalized spacial score (nSPS) is 13.7. The fraction of sp³-hybridized carbons (Fsp3) is 0.389. The van der Waals surface area contributed by atoms with Crippen molar-refractivity contribution in [2.75, 3.05) is 16.8 Å². The maximum absolute atomic E-state index is 12.6. The Morgan fingerprint density at radius 3 is 2.84 bits per heavy atom. The lowest BCUT2D eigenvalue weighted by Crippen LogP contribution is -2.30. The van der Waals surface area contributed by atoms with E-state index in [1.807, 2.05) is 38.3 Å². The zero-order valence-electron chi connectivity index (χ0n) is 14.4. The molecule has 0 saturated heterocycles. The summed E-state index contributed by atoms with van der Waals surface area (Å²) in [6.45, 7) is 6.19. The van der Waals surface area contributed by atoms with Gasteiger partial charge in [0.2, 0.25) is 11.8 Å². The van der Waals surface area contributed by atoms with E-state index in [0.717, 1.165) is 17.7 Å². The fourth-order valence-corrected chi connectivity index (χ4v) is 3.51. The third-order valence-electron chi connectivity index (χ3n) is 4.02. The third kappa shape index (κ3) is 4.02. The minimum absolute atomic E-state index is 0.0000652. The molecule has 1 aliphatic heterocycles. The summed E-state index contributed by atoms with van der Waals surface area (Å²) in [5, 5.41) is 5.82. The first-order valence-corrected chi connectivity index (χ1v) is 9.34. The largest absolute Gasteiger partial charge is 0.311 e. The van der Waals surface area contributed by atoms with E-state index >= 15 is 0 Å². The average molecular weight is 378 g/mol. The Hall–Kier alpha value is -1.92. The van der Waals surface area contributed by atoms with Crippen molar-refractivity contribution in [3.05, 3.63) is 39.9 Å².